The monoisotopic (exact) mass is 358 g/mol. The Balaban J connectivity index is 1.79. The van der Waals surface area contributed by atoms with Gasteiger partial charge < -0.3 is 5.43 Å². The molecular weight excluding hydrogens is 341 g/mol. The summed E-state index contributed by atoms with van der Waals surface area (Å²) in [6.45, 7) is 0. The van der Waals surface area contributed by atoms with E-state index in [1.54, 1.807) is 0 Å². The number of Topliss-reactive ketones (excluding diaryl/α,β-unsaturated/α-hetero) is 1. The molecule has 0 unspecified atom stereocenters. The highest BCUT2D eigenvalue weighted by molar-refractivity contribution is 7.99. The number of hydrogen-bond donors (Lipinski definition) is 2. The van der Waals surface area contributed by atoms with E-state index in [2.05, 4.69) is 10.9 Å². The average Bonchev–Trinajstić information content (AvgIpc) is 3.00. The van der Waals surface area contributed by atoms with Gasteiger partial charge in [-0.25, -0.2) is 0 Å². The first-order chi connectivity index (χ1) is 11.4. The lowest BCUT2D eigenvalue weighted by Gasteiger charge is -2.12. The zero-order chi connectivity index (χ0) is 17.6. The Morgan fingerprint density at radius 1 is 1.12 bits per heavy atom. The van der Waals surface area contributed by atoms with Gasteiger partial charge in [0.1, 0.15) is 0 Å². The average molecular weight is 358 g/mol. The molecule has 1 amide bonds. The van der Waals surface area contributed by atoms with Crippen LogP contribution in [0.2, 0.25) is 0 Å². The lowest BCUT2D eigenvalue weighted by Crippen LogP contribution is -2.39. The van der Waals surface area contributed by atoms with Crippen LogP contribution in [0.15, 0.2) is 41.6 Å². The number of allylic oxidation sites excluding steroid dienone is 2. The van der Waals surface area contributed by atoms with E-state index in [9.17, 15) is 22.8 Å². The quantitative estimate of drug-likeness (QED) is 0.736. The first-order valence-corrected chi connectivity index (χ1v) is 8.53. The number of benzene rings is 1. The first kappa shape index (κ1) is 18.4. The fourth-order valence-corrected chi connectivity index (χ4v) is 3.11. The van der Waals surface area contributed by atoms with Gasteiger partial charge in [0.25, 0.3) is 5.78 Å². The molecule has 0 radical (unpaired) electrons. The van der Waals surface area contributed by atoms with Crippen LogP contribution in [0.5, 0.6) is 0 Å². The van der Waals surface area contributed by atoms with Crippen LogP contribution in [-0.2, 0) is 15.3 Å². The lowest BCUT2D eigenvalue weighted by molar-refractivity contribution is -0.166. The number of halogens is 3. The SMILES string of the molecule is O=C(CSCc1ccccc1)NNC1=C(C(=O)C(F)(F)F)CCC1. The third kappa shape index (κ3) is 5.30. The van der Waals surface area contributed by atoms with E-state index in [1.165, 1.54) is 11.8 Å². The molecule has 0 aromatic heterocycles. The molecule has 24 heavy (non-hydrogen) atoms. The minimum absolute atomic E-state index is 0.0688. The number of amides is 1. The molecule has 0 atom stereocenters. The molecule has 1 aliphatic carbocycles. The summed E-state index contributed by atoms with van der Waals surface area (Å²) < 4.78 is 37.5. The molecule has 0 spiro atoms. The summed E-state index contributed by atoms with van der Waals surface area (Å²) in [5.74, 6) is -1.36. The molecule has 0 aliphatic heterocycles. The van der Waals surface area contributed by atoms with Crippen LogP contribution in [0, 0.1) is 0 Å². The van der Waals surface area contributed by atoms with Crippen LogP contribution in [-0.4, -0.2) is 23.6 Å². The Morgan fingerprint density at radius 3 is 2.50 bits per heavy atom. The minimum atomic E-state index is -4.89. The predicted molar refractivity (Wildman–Crippen MR) is 85.8 cm³/mol. The van der Waals surface area contributed by atoms with Crippen LogP contribution >= 0.6 is 11.8 Å². The van der Waals surface area contributed by atoms with E-state index in [0.29, 0.717) is 18.6 Å². The highest BCUT2D eigenvalue weighted by Gasteiger charge is 2.42. The Morgan fingerprint density at radius 2 is 1.83 bits per heavy atom. The molecule has 0 saturated heterocycles. The number of carbonyl (C=O) groups is 2. The van der Waals surface area contributed by atoms with Crippen molar-refractivity contribution >= 4 is 23.5 Å². The molecule has 0 bridgehead atoms. The van der Waals surface area contributed by atoms with Crippen molar-refractivity contribution in [3.8, 4) is 0 Å². The normalized spacial score (nSPS) is 14.6. The summed E-state index contributed by atoms with van der Waals surface area (Å²) in [6, 6.07) is 9.61. The van der Waals surface area contributed by atoms with Crippen molar-refractivity contribution in [2.45, 2.75) is 31.2 Å². The molecule has 1 aromatic rings. The fraction of sp³-hybridized carbons (Fsp3) is 0.375. The molecule has 2 N–H and O–H groups in total. The minimum Gasteiger partial charge on any atom is -0.302 e. The van der Waals surface area contributed by atoms with Crippen LogP contribution in [0.3, 0.4) is 0 Å². The van der Waals surface area contributed by atoms with Crippen LogP contribution < -0.4 is 10.9 Å². The fourth-order valence-electron chi connectivity index (χ4n) is 2.32. The van der Waals surface area contributed by atoms with Crippen molar-refractivity contribution in [1.29, 1.82) is 0 Å². The van der Waals surface area contributed by atoms with Crippen molar-refractivity contribution in [3.63, 3.8) is 0 Å². The summed E-state index contributed by atoms with van der Waals surface area (Å²) in [7, 11) is 0. The van der Waals surface area contributed by atoms with Gasteiger partial charge >= 0.3 is 6.18 Å². The molecular formula is C16H17F3N2O2S. The number of nitrogens with one attached hydrogen (secondary N) is 2. The smallest absolute Gasteiger partial charge is 0.302 e. The number of ketones is 1. The zero-order valence-electron chi connectivity index (χ0n) is 12.8. The third-order valence-corrected chi connectivity index (χ3v) is 4.45. The Labute approximate surface area is 141 Å². The standard InChI is InChI=1S/C16H17F3N2O2S/c17-16(18,19)15(23)12-7-4-8-13(12)20-21-14(22)10-24-9-11-5-2-1-3-6-11/h1-3,5-6,20H,4,7-10H2,(H,21,22). The number of alkyl halides is 3. The van der Waals surface area contributed by atoms with E-state index < -0.39 is 12.0 Å². The summed E-state index contributed by atoms with van der Waals surface area (Å²) in [6.07, 6.45) is -4.05. The highest BCUT2D eigenvalue weighted by Crippen LogP contribution is 2.30. The van der Waals surface area contributed by atoms with Crippen molar-refractivity contribution in [2.75, 3.05) is 5.75 Å². The number of carbonyl (C=O) groups excluding carboxylic acids is 2. The molecule has 4 nitrogen and oxygen atoms in total. The second-order valence-electron chi connectivity index (χ2n) is 5.29. The predicted octanol–water partition coefficient (Wildman–Crippen LogP) is 3.11. The van der Waals surface area contributed by atoms with Crippen molar-refractivity contribution in [2.24, 2.45) is 0 Å². The molecule has 2 rings (SSSR count). The second kappa shape index (κ2) is 8.23. The van der Waals surface area contributed by atoms with Crippen LogP contribution in [0.25, 0.3) is 0 Å². The van der Waals surface area contributed by atoms with E-state index in [1.807, 2.05) is 30.3 Å². The molecule has 1 aromatic carbocycles. The van der Waals surface area contributed by atoms with Gasteiger partial charge in [-0.3, -0.25) is 15.0 Å². The number of rotatable bonds is 7. The molecule has 0 saturated carbocycles. The number of hydrogen-bond acceptors (Lipinski definition) is 4. The molecule has 130 valence electrons. The maximum atomic E-state index is 12.5. The van der Waals surface area contributed by atoms with Gasteiger partial charge in [-0.05, 0) is 24.8 Å². The van der Waals surface area contributed by atoms with Gasteiger partial charge in [0.2, 0.25) is 5.91 Å². The first-order valence-electron chi connectivity index (χ1n) is 7.38. The Hall–Kier alpha value is -1.96. The second-order valence-corrected chi connectivity index (χ2v) is 6.27. The van der Waals surface area contributed by atoms with Crippen molar-refractivity contribution < 1.29 is 22.8 Å². The van der Waals surface area contributed by atoms with Gasteiger partial charge in [-0.15, -0.1) is 11.8 Å². The van der Waals surface area contributed by atoms with Gasteiger partial charge in [0.15, 0.2) is 0 Å². The Bertz CT molecular complexity index is 630. The summed E-state index contributed by atoms with van der Waals surface area (Å²) in [4.78, 5) is 23.1. The van der Waals surface area contributed by atoms with E-state index in [4.69, 9.17) is 0 Å². The topological polar surface area (TPSA) is 58.2 Å². The summed E-state index contributed by atoms with van der Waals surface area (Å²) >= 11 is 1.39. The molecule has 0 fully saturated rings. The number of thioether (sulfide) groups is 1. The van der Waals surface area contributed by atoms with E-state index in [-0.39, 0.29) is 29.4 Å². The maximum Gasteiger partial charge on any atom is 0.454 e. The van der Waals surface area contributed by atoms with Gasteiger partial charge in [0, 0.05) is 17.0 Å². The number of hydrazine groups is 1. The molecule has 1 aliphatic rings. The van der Waals surface area contributed by atoms with Crippen LogP contribution in [0.4, 0.5) is 13.2 Å². The van der Waals surface area contributed by atoms with E-state index >= 15 is 0 Å². The van der Waals surface area contributed by atoms with Gasteiger partial charge in [-0.1, -0.05) is 30.3 Å². The molecule has 0 heterocycles. The highest BCUT2D eigenvalue weighted by atomic mass is 32.2. The van der Waals surface area contributed by atoms with Crippen molar-refractivity contribution in [3.05, 3.63) is 47.2 Å². The lowest BCUT2D eigenvalue weighted by atomic mass is 10.1. The van der Waals surface area contributed by atoms with Crippen LogP contribution in [0.1, 0.15) is 24.8 Å². The molecule has 8 heteroatoms. The van der Waals surface area contributed by atoms with E-state index in [0.717, 1.165) is 5.56 Å². The zero-order valence-corrected chi connectivity index (χ0v) is 13.6. The van der Waals surface area contributed by atoms with Gasteiger partial charge in [0.05, 0.1) is 5.75 Å². The summed E-state index contributed by atoms with van der Waals surface area (Å²) in [5, 5.41) is 0. The summed E-state index contributed by atoms with van der Waals surface area (Å²) in [5.41, 5.74) is 5.78. The largest absolute Gasteiger partial charge is 0.454 e. The maximum absolute atomic E-state index is 12.5. The van der Waals surface area contributed by atoms with Gasteiger partial charge in [-0.2, -0.15) is 13.2 Å². The Kier molecular flexibility index (Phi) is 6.30. The van der Waals surface area contributed by atoms with Crippen molar-refractivity contribution in [1.82, 2.24) is 10.9 Å². The third-order valence-electron chi connectivity index (χ3n) is 3.45.